The summed E-state index contributed by atoms with van der Waals surface area (Å²) in [6.07, 6.45) is 0.766. The second-order valence-corrected chi connectivity index (χ2v) is 11.8. The molecule has 1 N–H and O–H groups in total. The van der Waals surface area contributed by atoms with Gasteiger partial charge in [0.2, 0.25) is 0 Å². The fraction of sp³-hybridized carbons (Fsp3) is 0.259. The fourth-order valence-corrected chi connectivity index (χ4v) is 5.91. The number of aromatic nitrogens is 1. The first-order valence-corrected chi connectivity index (χ1v) is 14.1. The summed E-state index contributed by atoms with van der Waals surface area (Å²) in [7, 11) is 0.0848. The molecule has 0 spiro atoms. The van der Waals surface area contributed by atoms with Crippen LogP contribution in [0.5, 0.6) is 0 Å². The van der Waals surface area contributed by atoms with Crippen LogP contribution in [0, 0.1) is 19.7 Å². The Balaban J connectivity index is 0.00000400. The van der Waals surface area contributed by atoms with Gasteiger partial charge in [0.25, 0.3) is 15.9 Å². The third kappa shape index (κ3) is 6.87. The van der Waals surface area contributed by atoms with Crippen LogP contribution < -0.4 is 9.62 Å². The molecule has 0 aliphatic rings. The number of thiazole rings is 1. The molecule has 0 bridgehead atoms. The molecule has 4 rings (SSSR count). The first kappa shape index (κ1) is 29.5. The third-order valence-corrected chi connectivity index (χ3v) is 8.40. The second kappa shape index (κ2) is 12.2. The summed E-state index contributed by atoms with van der Waals surface area (Å²) in [5.41, 5.74) is 3.90. The van der Waals surface area contributed by atoms with Crippen molar-refractivity contribution < 1.29 is 17.6 Å². The SMILES string of the molecule is Cc1cc2nc(N(CCCN(C)C)C(=O)c3ccc(NS(=O)(=O)c4ccc(F)cc4)cc3)sc2cc1C.Cl. The van der Waals surface area contributed by atoms with Crippen molar-refractivity contribution >= 4 is 60.7 Å². The van der Waals surface area contributed by atoms with Gasteiger partial charge in [-0.05, 0) is 113 Å². The zero-order valence-corrected chi connectivity index (χ0v) is 24.0. The molecule has 0 atom stereocenters. The summed E-state index contributed by atoms with van der Waals surface area (Å²) < 4.78 is 41.9. The minimum Gasteiger partial charge on any atom is -0.309 e. The Bertz CT molecular complexity index is 1480. The van der Waals surface area contributed by atoms with Gasteiger partial charge in [0.15, 0.2) is 5.13 Å². The molecule has 0 unspecified atom stereocenters. The molecule has 0 fully saturated rings. The van der Waals surface area contributed by atoms with Gasteiger partial charge < -0.3 is 4.90 Å². The number of aryl methyl sites for hydroxylation is 2. The summed E-state index contributed by atoms with van der Waals surface area (Å²) in [4.78, 5) is 22.0. The number of fused-ring (bicyclic) bond motifs is 1. The molecule has 38 heavy (non-hydrogen) atoms. The van der Waals surface area contributed by atoms with Crippen LogP contribution in [0.1, 0.15) is 27.9 Å². The molecule has 3 aromatic carbocycles. The fourth-order valence-electron chi connectivity index (χ4n) is 3.78. The first-order chi connectivity index (χ1) is 17.5. The van der Waals surface area contributed by atoms with Gasteiger partial charge in [-0.25, -0.2) is 17.8 Å². The van der Waals surface area contributed by atoms with Crippen molar-refractivity contribution in [3.63, 3.8) is 0 Å². The Hall–Kier alpha value is -3.05. The lowest BCUT2D eigenvalue weighted by molar-refractivity contribution is 0.0986. The van der Waals surface area contributed by atoms with Gasteiger partial charge >= 0.3 is 0 Å². The minimum atomic E-state index is -3.89. The number of rotatable bonds is 9. The summed E-state index contributed by atoms with van der Waals surface area (Å²) in [5, 5.41) is 0.629. The molecule has 0 saturated carbocycles. The maximum atomic E-state index is 13.6. The summed E-state index contributed by atoms with van der Waals surface area (Å²) in [6.45, 7) is 5.41. The van der Waals surface area contributed by atoms with Crippen LogP contribution in [0.25, 0.3) is 10.2 Å². The highest BCUT2D eigenvalue weighted by atomic mass is 35.5. The standard InChI is InChI=1S/C27H29FN4O3S2.ClH/c1-18-16-24-25(17-19(18)2)36-27(29-24)32(15-5-14-31(3)4)26(33)20-6-10-22(11-7-20)30-37(34,35)23-12-8-21(28)9-13-23;/h6-13,16-17,30H,5,14-15H2,1-4H3;1H. The van der Waals surface area contributed by atoms with Crippen molar-refractivity contribution in [1.29, 1.82) is 0 Å². The molecule has 0 saturated heterocycles. The van der Waals surface area contributed by atoms with E-state index in [9.17, 15) is 17.6 Å². The predicted molar refractivity (Wildman–Crippen MR) is 155 cm³/mol. The lowest BCUT2D eigenvalue weighted by Gasteiger charge is -2.21. The molecule has 0 radical (unpaired) electrons. The Labute approximate surface area is 232 Å². The zero-order valence-electron chi connectivity index (χ0n) is 21.6. The number of nitrogens with one attached hydrogen (secondary N) is 1. The highest BCUT2D eigenvalue weighted by Crippen LogP contribution is 2.32. The molecule has 4 aromatic rings. The zero-order chi connectivity index (χ0) is 26.7. The van der Waals surface area contributed by atoms with Crippen LogP contribution in [0.15, 0.2) is 65.6 Å². The Kier molecular flexibility index (Phi) is 9.48. The van der Waals surface area contributed by atoms with Crippen LogP contribution in [-0.2, 0) is 10.0 Å². The third-order valence-electron chi connectivity index (χ3n) is 5.96. The molecule has 0 aliphatic heterocycles. The Morgan fingerprint density at radius 2 is 1.61 bits per heavy atom. The maximum absolute atomic E-state index is 13.6. The number of nitrogens with zero attached hydrogens (tertiary/aromatic N) is 3. The first-order valence-electron chi connectivity index (χ1n) is 11.8. The molecular weight excluding hydrogens is 547 g/mol. The van der Waals surface area contributed by atoms with E-state index in [-0.39, 0.29) is 23.2 Å². The lowest BCUT2D eigenvalue weighted by atomic mass is 10.1. The highest BCUT2D eigenvalue weighted by molar-refractivity contribution is 7.92. The van der Waals surface area contributed by atoms with Crippen molar-refractivity contribution in [3.05, 3.63) is 83.2 Å². The molecule has 11 heteroatoms. The maximum Gasteiger partial charge on any atom is 0.261 e. The number of carbonyl (C=O) groups excluding carboxylic acids is 1. The number of sulfonamides is 1. The Morgan fingerprint density at radius 3 is 2.24 bits per heavy atom. The molecule has 1 heterocycles. The van der Waals surface area contributed by atoms with E-state index in [1.165, 1.54) is 41.2 Å². The minimum absolute atomic E-state index is 0. The van der Waals surface area contributed by atoms with Crippen LogP contribution >= 0.6 is 23.7 Å². The van der Waals surface area contributed by atoms with Crippen molar-refractivity contribution in [2.45, 2.75) is 25.2 Å². The van der Waals surface area contributed by atoms with E-state index >= 15 is 0 Å². The van der Waals surface area contributed by atoms with E-state index in [1.54, 1.807) is 17.0 Å². The number of carbonyl (C=O) groups is 1. The highest BCUT2D eigenvalue weighted by Gasteiger charge is 2.22. The van der Waals surface area contributed by atoms with Gasteiger partial charge in [0, 0.05) is 17.8 Å². The second-order valence-electron chi connectivity index (χ2n) is 9.15. The molecule has 7 nitrogen and oxygen atoms in total. The average molecular weight is 577 g/mol. The summed E-state index contributed by atoms with van der Waals surface area (Å²) in [6, 6.07) is 15.0. The molecule has 202 valence electrons. The van der Waals surface area contributed by atoms with Gasteiger partial charge in [-0.3, -0.25) is 14.4 Å². The molecular formula is C27H30ClFN4O3S2. The smallest absolute Gasteiger partial charge is 0.261 e. The molecule has 0 aliphatic carbocycles. The van der Waals surface area contributed by atoms with E-state index in [1.807, 2.05) is 27.1 Å². The average Bonchev–Trinajstić information content (AvgIpc) is 3.24. The van der Waals surface area contributed by atoms with Gasteiger partial charge in [-0.15, -0.1) is 12.4 Å². The predicted octanol–water partition coefficient (Wildman–Crippen LogP) is 5.87. The van der Waals surface area contributed by atoms with Gasteiger partial charge in [-0.1, -0.05) is 11.3 Å². The van der Waals surface area contributed by atoms with Crippen molar-refractivity contribution in [2.75, 3.05) is 36.8 Å². The van der Waals surface area contributed by atoms with Crippen molar-refractivity contribution in [2.24, 2.45) is 0 Å². The number of anilines is 2. The molecule has 1 amide bonds. The van der Waals surface area contributed by atoms with Crippen LogP contribution in [0.3, 0.4) is 0 Å². The Morgan fingerprint density at radius 1 is 0.974 bits per heavy atom. The number of benzene rings is 3. The van der Waals surface area contributed by atoms with E-state index in [0.29, 0.717) is 22.9 Å². The number of halogens is 2. The van der Waals surface area contributed by atoms with Crippen LogP contribution in [0.4, 0.5) is 15.2 Å². The number of hydrogen-bond donors (Lipinski definition) is 1. The van der Waals surface area contributed by atoms with E-state index < -0.39 is 15.8 Å². The van der Waals surface area contributed by atoms with Crippen molar-refractivity contribution in [3.8, 4) is 0 Å². The normalized spacial score (nSPS) is 11.4. The summed E-state index contributed by atoms with van der Waals surface area (Å²) >= 11 is 1.48. The van der Waals surface area contributed by atoms with Crippen molar-refractivity contribution in [1.82, 2.24) is 9.88 Å². The van der Waals surface area contributed by atoms with Crippen LogP contribution in [-0.4, -0.2) is 51.4 Å². The number of amides is 1. The van der Waals surface area contributed by atoms with Gasteiger partial charge in [0.1, 0.15) is 5.82 Å². The largest absolute Gasteiger partial charge is 0.309 e. The van der Waals surface area contributed by atoms with Crippen LogP contribution in [0.2, 0.25) is 0 Å². The monoisotopic (exact) mass is 576 g/mol. The molecule has 1 aromatic heterocycles. The topological polar surface area (TPSA) is 82.6 Å². The van der Waals surface area contributed by atoms with E-state index in [0.717, 1.165) is 40.9 Å². The quantitative estimate of drug-likeness (QED) is 0.269. The van der Waals surface area contributed by atoms with Gasteiger partial charge in [-0.2, -0.15) is 0 Å². The van der Waals surface area contributed by atoms with E-state index in [2.05, 4.69) is 22.6 Å². The summed E-state index contributed by atoms with van der Waals surface area (Å²) in [5.74, 6) is -0.727. The lowest BCUT2D eigenvalue weighted by Crippen LogP contribution is -2.33. The van der Waals surface area contributed by atoms with E-state index in [4.69, 9.17) is 4.98 Å². The number of hydrogen-bond acceptors (Lipinski definition) is 6. The van der Waals surface area contributed by atoms with Gasteiger partial charge in [0.05, 0.1) is 15.1 Å².